The number of nitrogens with zero attached hydrogens (tertiary/aromatic N) is 6. The maximum absolute atomic E-state index is 13.2. The Hall–Kier alpha value is -3.43. The fourth-order valence-electron chi connectivity index (χ4n) is 4.64. The van der Waals surface area contributed by atoms with Crippen molar-refractivity contribution in [2.75, 3.05) is 11.4 Å². The van der Waals surface area contributed by atoms with Crippen LogP contribution in [0.2, 0.25) is 5.02 Å². The van der Waals surface area contributed by atoms with Crippen LogP contribution in [0.3, 0.4) is 0 Å². The van der Waals surface area contributed by atoms with Gasteiger partial charge in [0.25, 0.3) is 5.91 Å². The van der Waals surface area contributed by atoms with Gasteiger partial charge < -0.3 is 15.3 Å². The summed E-state index contributed by atoms with van der Waals surface area (Å²) in [6, 6.07) is 11.4. The van der Waals surface area contributed by atoms with E-state index in [2.05, 4.69) is 33.5 Å². The van der Waals surface area contributed by atoms with Crippen LogP contribution in [-0.4, -0.2) is 47.9 Å². The van der Waals surface area contributed by atoms with Gasteiger partial charge in [-0.2, -0.15) is 5.10 Å². The number of aromatic nitrogens is 5. The Balaban J connectivity index is 1.48. The van der Waals surface area contributed by atoms with Gasteiger partial charge in [-0.3, -0.25) is 9.48 Å². The highest BCUT2D eigenvalue weighted by atomic mass is 35.5. The number of benzene rings is 2. The molecule has 2 aromatic carbocycles. The zero-order chi connectivity index (χ0) is 25.4. The minimum atomic E-state index is -0.848. The molecule has 1 amide bonds. The van der Waals surface area contributed by atoms with E-state index in [0.717, 1.165) is 46.5 Å². The Morgan fingerprint density at radius 2 is 1.94 bits per heavy atom. The molecule has 10 heteroatoms. The molecule has 1 aliphatic heterocycles. The highest BCUT2D eigenvalue weighted by molar-refractivity contribution is 6.30. The SMILES string of the molecule is Cc1c(N2CCn3nncc3C2)ccc2c(C(=O)NCc3ccc(Cl)cc3)nn(CCC(C)(C)O)c12. The van der Waals surface area contributed by atoms with Crippen molar-refractivity contribution >= 4 is 34.1 Å². The maximum Gasteiger partial charge on any atom is 0.272 e. The Bertz CT molecular complexity index is 1400. The van der Waals surface area contributed by atoms with Gasteiger partial charge in [-0.1, -0.05) is 28.9 Å². The number of carbonyl (C=O) groups is 1. The third-order valence-corrected chi connectivity index (χ3v) is 6.88. The lowest BCUT2D eigenvalue weighted by Gasteiger charge is -2.30. The lowest BCUT2D eigenvalue weighted by Crippen LogP contribution is -2.34. The molecule has 2 N–H and O–H groups in total. The van der Waals surface area contributed by atoms with Gasteiger partial charge in [0.05, 0.1) is 36.1 Å². The molecule has 0 saturated heterocycles. The van der Waals surface area contributed by atoms with Crippen molar-refractivity contribution in [1.82, 2.24) is 30.1 Å². The molecule has 0 unspecified atom stereocenters. The number of hydrogen-bond donors (Lipinski definition) is 2. The average Bonchev–Trinajstić information content (AvgIpc) is 3.46. The van der Waals surface area contributed by atoms with Gasteiger partial charge >= 0.3 is 0 Å². The van der Waals surface area contributed by atoms with E-state index >= 15 is 0 Å². The predicted octanol–water partition coefficient (Wildman–Crippen LogP) is 3.70. The summed E-state index contributed by atoms with van der Waals surface area (Å²) in [7, 11) is 0. The molecule has 2 aromatic heterocycles. The van der Waals surface area contributed by atoms with Crippen molar-refractivity contribution in [2.45, 2.75) is 59.0 Å². The monoisotopic (exact) mass is 507 g/mol. The van der Waals surface area contributed by atoms with Crippen LogP contribution in [0.25, 0.3) is 10.9 Å². The number of halogens is 1. The van der Waals surface area contributed by atoms with Crippen molar-refractivity contribution in [1.29, 1.82) is 0 Å². The molecule has 3 heterocycles. The van der Waals surface area contributed by atoms with E-state index in [0.29, 0.717) is 36.8 Å². The number of aliphatic hydroxyl groups is 1. The molecule has 1 aliphatic rings. The average molecular weight is 508 g/mol. The minimum absolute atomic E-state index is 0.239. The summed E-state index contributed by atoms with van der Waals surface area (Å²) in [5.74, 6) is -0.239. The molecule has 0 spiro atoms. The number of amides is 1. The first-order valence-electron chi connectivity index (χ1n) is 12.1. The largest absolute Gasteiger partial charge is 0.390 e. The Labute approximate surface area is 214 Å². The molecule has 5 rings (SSSR count). The molecule has 36 heavy (non-hydrogen) atoms. The van der Waals surface area contributed by atoms with E-state index in [1.165, 1.54) is 0 Å². The molecule has 0 bridgehead atoms. The normalized spacial score (nSPS) is 13.8. The first-order valence-corrected chi connectivity index (χ1v) is 12.4. The van der Waals surface area contributed by atoms with Crippen LogP contribution in [0.4, 0.5) is 5.69 Å². The topological polar surface area (TPSA) is 101 Å². The molecule has 0 aliphatic carbocycles. The molecule has 0 radical (unpaired) electrons. The molecule has 0 saturated carbocycles. The van der Waals surface area contributed by atoms with Gasteiger partial charge in [0.2, 0.25) is 0 Å². The first-order chi connectivity index (χ1) is 17.2. The fraction of sp³-hybridized carbons (Fsp3) is 0.385. The Morgan fingerprint density at radius 3 is 2.69 bits per heavy atom. The van der Waals surface area contributed by atoms with Crippen molar-refractivity contribution < 1.29 is 9.90 Å². The predicted molar refractivity (Wildman–Crippen MR) is 139 cm³/mol. The van der Waals surface area contributed by atoms with E-state index in [1.54, 1.807) is 32.2 Å². The van der Waals surface area contributed by atoms with E-state index in [1.807, 2.05) is 27.6 Å². The quantitative estimate of drug-likeness (QED) is 0.395. The number of carbonyl (C=O) groups excluding carboxylic acids is 1. The summed E-state index contributed by atoms with van der Waals surface area (Å²) in [5, 5.41) is 27.7. The number of hydrogen-bond acceptors (Lipinski definition) is 6. The van der Waals surface area contributed by atoms with Crippen molar-refractivity contribution in [3.05, 3.63) is 70.1 Å². The summed E-state index contributed by atoms with van der Waals surface area (Å²) in [6.07, 6.45) is 2.31. The smallest absolute Gasteiger partial charge is 0.272 e. The number of aryl methyl sites for hydroxylation is 2. The summed E-state index contributed by atoms with van der Waals surface area (Å²) in [6.45, 7) is 8.79. The Kier molecular flexibility index (Phi) is 6.44. The second-order valence-corrected chi connectivity index (χ2v) is 10.4. The van der Waals surface area contributed by atoms with Crippen molar-refractivity contribution in [3.8, 4) is 0 Å². The third kappa shape index (κ3) is 4.94. The summed E-state index contributed by atoms with van der Waals surface area (Å²) in [5.41, 5.74) is 4.60. The van der Waals surface area contributed by atoms with Crippen LogP contribution in [-0.2, 0) is 26.2 Å². The van der Waals surface area contributed by atoms with E-state index < -0.39 is 5.60 Å². The standard InChI is InChI=1S/C26H30ClN7O2/c1-17-22(32-12-13-33-20(16-32)15-29-31-33)9-8-21-23(30-34(24(17)21)11-10-26(2,3)36)25(35)28-14-18-4-6-19(27)7-5-18/h4-9,15,36H,10-14,16H2,1-3H3,(H,28,35). The molecule has 188 valence electrons. The highest BCUT2D eigenvalue weighted by Crippen LogP contribution is 2.32. The molecule has 0 fully saturated rings. The highest BCUT2D eigenvalue weighted by Gasteiger charge is 2.25. The van der Waals surface area contributed by atoms with E-state index in [-0.39, 0.29) is 5.91 Å². The Morgan fingerprint density at radius 1 is 1.17 bits per heavy atom. The van der Waals surface area contributed by atoms with Gasteiger partial charge in [0, 0.05) is 35.7 Å². The molecule has 0 atom stereocenters. The molecule has 9 nitrogen and oxygen atoms in total. The maximum atomic E-state index is 13.2. The van der Waals surface area contributed by atoms with Crippen molar-refractivity contribution in [3.63, 3.8) is 0 Å². The van der Waals surface area contributed by atoms with Crippen LogP contribution in [0.1, 0.15) is 47.6 Å². The molecular weight excluding hydrogens is 478 g/mol. The lowest BCUT2D eigenvalue weighted by atomic mass is 10.0. The lowest BCUT2D eigenvalue weighted by molar-refractivity contribution is 0.0655. The van der Waals surface area contributed by atoms with E-state index in [9.17, 15) is 9.90 Å². The van der Waals surface area contributed by atoms with E-state index in [4.69, 9.17) is 16.7 Å². The summed E-state index contributed by atoms with van der Waals surface area (Å²) < 4.78 is 3.79. The van der Waals surface area contributed by atoms with Crippen LogP contribution in [0.15, 0.2) is 42.6 Å². The second kappa shape index (κ2) is 9.55. The van der Waals surface area contributed by atoms with Gasteiger partial charge in [0.15, 0.2) is 5.69 Å². The molecular formula is C26H30ClN7O2. The van der Waals surface area contributed by atoms with Crippen LogP contribution in [0, 0.1) is 6.92 Å². The zero-order valence-electron chi connectivity index (χ0n) is 20.7. The van der Waals surface area contributed by atoms with Gasteiger partial charge in [0.1, 0.15) is 0 Å². The van der Waals surface area contributed by atoms with Crippen LogP contribution >= 0.6 is 11.6 Å². The summed E-state index contributed by atoms with van der Waals surface area (Å²) >= 11 is 5.97. The number of anilines is 1. The van der Waals surface area contributed by atoms with Gasteiger partial charge in [-0.15, -0.1) is 5.10 Å². The third-order valence-electron chi connectivity index (χ3n) is 6.63. The number of nitrogens with one attached hydrogen (secondary N) is 1. The first kappa shape index (κ1) is 24.3. The minimum Gasteiger partial charge on any atom is -0.390 e. The van der Waals surface area contributed by atoms with Gasteiger partial charge in [-0.05, 0) is 62.6 Å². The second-order valence-electron chi connectivity index (χ2n) is 9.92. The van der Waals surface area contributed by atoms with Gasteiger partial charge in [-0.25, -0.2) is 4.68 Å². The molecule has 4 aromatic rings. The number of fused-ring (bicyclic) bond motifs is 2. The summed E-state index contributed by atoms with van der Waals surface area (Å²) in [4.78, 5) is 15.5. The number of rotatable bonds is 7. The van der Waals surface area contributed by atoms with Crippen LogP contribution in [0.5, 0.6) is 0 Å². The van der Waals surface area contributed by atoms with Crippen LogP contribution < -0.4 is 10.2 Å². The zero-order valence-corrected chi connectivity index (χ0v) is 21.5. The fourth-order valence-corrected chi connectivity index (χ4v) is 4.77. The van der Waals surface area contributed by atoms with Crippen molar-refractivity contribution in [2.24, 2.45) is 0 Å².